The number of fused-ring (bicyclic) bond motifs is 2. The van der Waals surface area contributed by atoms with Gasteiger partial charge in [-0.2, -0.15) is 10.1 Å². The number of benzene rings is 2. The van der Waals surface area contributed by atoms with Crippen molar-refractivity contribution in [2.24, 2.45) is 0 Å². The van der Waals surface area contributed by atoms with E-state index in [9.17, 15) is 9.18 Å². The number of carbonyl (C=O) groups excluding carboxylic acids is 1. The normalized spacial score (nSPS) is 12.8. The first-order chi connectivity index (χ1) is 14.6. The summed E-state index contributed by atoms with van der Waals surface area (Å²) in [4.78, 5) is 21.4. The third-order valence-electron chi connectivity index (χ3n) is 4.82. The van der Waals surface area contributed by atoms with E-state index in [4.69, 9.17) is 4.74 Å². The van der Waals surface area contributed by atoms with E-state index < -0.39 is 11.9 Å². The van der Waals surface area contributed by atoms with Crippen LogP contribution < -0.4 is 15.5 Å². The van der Waals surface area contributed by atoms with E-state index in [1.807, 2.05) is 24.3 Å². The Kier molecular flexibility index (Phi) is 4.16. The Bertz CT molecular complexity index is 1270. The summed E-state index contributed by atoms with van der Waals surface area (Å²) in [5.74, 6) is -0.196. The second kappa shape index (κ2) is 6.99. The van der Waals surface area contributed by atoms with Crippen LogP contribution in [0, 0.1) is 5.82 Å². The van der Waals surface area contributed by atoms with Gasteiger partial charge >= 0.3 is 6.09 Å². The molecule has 3 heterocycles. The fourth-order valence-electron chi connectivity index (χ4n) is 3.34. The maximum absolute atomic E-state index is 14.6. The number of halogens is 1. The van der Waals surface area contributed by atoms with Crippen LogP contribution >= 0.6 is 0 Å². The lowest BCUT2D eigenvalue weighted by atomic mass is 10.1. The van der Waals surface area contributed by atoms with Crippen molar-refractivity contribution < 1.29 is 13.9 Å². The average Bonchev–Trinajstić information content (AvgIpc) is 3.24. The molecule has 1 aliphatic heterocycles. The van der Waals surface area contributed by atoms with Crippen molar-refractivity contribution in [1.82, 2.24) is 20.2 Å². The van der Waals surface area contributed by atoms with Crippen molar-refractivity contribution in [3.63, 3.8) is 0 Å². The second-order valence-corrected chi connectivity index (χ2v) is 6.73. The Morgan fingerprint density at radius 2 is 2.13 bits per heavy atom. The lowest BCUT2D eigenvalue weighted by molar-refractivity contribution is 0.151. The summed E-state index contributed by atoms with van der Waals surface area (Å²) in [6, 6.07) is 11.0. The number of aromatic nitrogens is 4. The molecule has 5 rings (SSSR count). The van der Waals surface area contributed by atoms with Gasteiger partial charge in [0.1, 0.15) is 6.61 Å². The summed E-state index contributed by atoms with van der Waals surface area (Å²) in [5.41, 5.74) is 3.78. The van der Waals surface area contributed by atoms with Gasteiger partial charge in [-0.1, -0.05) is 6.07 Å². The maximum Gasteiger partial charge on any atom is 0.411 e. The third-order valence-corrected chi connectivity index (χ3v) is 4.82. The zero-order valence-corrected chi connectivity index (χ0v) is 15.8. The number of ether oxygens (including phenoxy) is 1. The molecular formula is C20H16FN7O2. The summed E-state index contributed by atoms with van der Waals surface area (Å²) in [6.07, 6.45) is 2.33. The first kappa shape index (κ1) is 17.9. The fraction of sp³-hybridized carbons (Fsp3) is 0.100. The van der Waals surface area contributed by atoms with Crippen LogP contribution in [0.4, 0.5) is 38.0 Å². The Balaban J connectivity index is 1.45. The van der Waals surface area contributed by atoms with Gasteiger partial charge in [0.2, 0.25) is 5.95 Å². The molecule has 0 aliphatic carbocycles. The van der Waals surface area contributed by atoms with Crippen LogP contribution in [0.25, 0.3) is 10.9 Å². The Hall–Kier alpha value is -4.21. The van der Waals surface area contributed by atoms with Gasteiger partial charge in [-0.15, -0.1) is 0 Å². The summed E-state index contributed by atoms with van der Waals surface area (Å²) in [6.45, 7) is 0.170. The highest BCUT2D eigenvalue weighted by Crippen LogP contribution is 2.31. The van der Waals surface area contributed by atoms with Gasteiger partial charge in [-0.05, 0) is 30.3 Å². The van der Waals surface area contributed by atoms with Crippen molar-refractivity contribution in [3.05, 3.63) is 60.2 Å². The van der Waals surface area contributed by atoms with Gasteiger partial charge in [-0.25, -0.2) is 14.2 Å². The zero-order valence-electron chi connectivity index (χ0n) is 15.8. The molecule has 0 unspecified atom stereocenters. The number of hydrogen-bond donors (Lipinski definition) is 3. The van der Waals surface area contributed by atoms with E-state index >= 15 is 0 Å². The standard InChI is InChI=1S/C20H16FN7O2/c1-28(17-4-2-3-16-13(17)8-23-27-16)18-14(21)9-22-19(26-18)24-12-5-6-15-11(7-12)10-30-20(29)25-15/h2-9H,10H2,1H3,(H,23,27)(H,25,29)(H,22,24,26). The van der Waals surface area contributed by atoms with E-state index in [0.717, 1.165) is 28.4 Å². The predicted molar refractivity (Wildman–Crippen MR) is 110 cm³/mol. The van der Waals surface area contributed by atoms with E-state index in [0.29, 0.717) is 11.4 Å². The molecule has 1 aliphatic rings. The molecule has 9 nitrogen and oxygen atoms in total. The van der Waals surface area contributed by atoms with Gasteiger partial charge in [-0.3, -0.25) is 10.4 Å². The quantitative estimate of drug-likeness (QED) is 0.470. The molecule has 1 amide bonds. The van der Waals surface area contributed by atoms with Gasteiger partial charge in [0, 0.05) is 23.7 Å². The number of aromatic amines is 1. The number of carbonyl (C=O) groups is 1. The molecular weight excluding hydrogens is 389 g/mol. The van der Waals surface area contributed by atoms with Gasteiger partial charge in [0.25, 0.3) is 0 Å². The van der Waals surface area contributed by atoms with E-state index in [-0.39, 0.29) is 18.4 Å². The van der Waals surface area contributed by atoms with Crippen LogP contribution in [0.2, 0.25) is 0 Å². The van der Waals surface area contributed by atoms with Crippen LogP contribution in [0.15, 0.2) is 48.8 Å². The number of H-pyrrole nitrogens is 1. The summed E-state index contributed by atoms with van der Waals surface area (Å²) < 4.78 is 19.5. The second-order valence-electron chi connectivity index (χ2n) is 6.73. The molecule has 150 valence electrons. The van der Waals surface area contributed by atoms with Crippen molar-refractivity contribution in [3.8, 4) is 0 Å². The van der Waals surface area contributed by atoms with Crippen molar-refractivity contribution in [1.29, 1.82) is 0 Å². The molecule has 0 fully saturated rings. The SMILES string of the molecule is CN(c1nc(Nc2ccc3c(c2)COC(=O)N3)ncc1F)c1cccc2[nH]ncc12. The zero-order chi connectivity index (χ0) is 20.7. The number of nitrogens with zero attached hydrogens (tertiary/aromatic N) is 4. The Morgan fingerprint density at radius 3 is 3.03 bits per heavy atom. The minimum atomic E-state index is -0.551. The predicted octanol–water partition coefficient (Wildman–Crippen LogP) is 4.07. The highest BCUT2D eigenvalue weighted by Gasteiger charge is 2.18. The fourth-order valence-corrected chi connectivity index (χ4v) is 3.34. The number of hydrogen-bond acceptors (Lipinski definition) is 7. The van der Waals surface area contributed by atoms with Gasteiger partial charge in [0.15, 0.2) is 11.6 Å². The molecule has 10 heteroatoms. The molecule has 2 aromatic heterocycles. The van der Waals surface area contributed by atoms with E-state index in [1.54, 1.807) is 30.3 Å². The molecule has 0 spiro atoms. The van der Waals surface area contributed by atoms with Crippen LogP contribution in [-0.2, 0) is 11.3 Å². The number of cyclic esters (lactones) is 1. The molecule has 2 aromatic carbocycles. The molecule has 4 aromatic rings. The van der Waals surface area contributed by atoms with Gasteiger partial charge < -0.3 is 15.0 Å². The van der Waals surface area contributed by atoms with E-state index in [2.05, 4.69) is 30.8 Å². The van der Waals surface area contributed by atoms with Crippen LogP contribution in [-0.4, -0.2) is 33.3 Å². The molecule has 0 saturated heterocycles. The highest BCUT2D eigenvalue weighted by atomic mass is 19.1. The van der Waals surface area contributed by atoms with Crippen molar-refractivity contribution in [2.75, 3.05) is 22.6 Å². The van der Waals surface area contributed by atoms with E-state index in [1.165, 1.54) is 0 Å². The maximum atomic E-state index is 14.6. The number of anilines is 5. The average molecular weight is 405 g/mol. The molecule has 0 saturated carbocycles. The summed E-state index contributed by atoms with van der Waals surface area (Å²) >= 11 is 0. The molecule has 30 heavy (non-hydrogen) atoms. The number of amides is 1. The Labute approximate surface area is 169 Å². The van der Waals surface area contributed by atoms with Crippen molar-refractivity contribution >= 4 is 45.8 Å². The van der Waals surface area contributed by atoms with Gasteiger partial charge in [0.05, 0.1) is 29.3 Å². The monoisotopic (exact) mass is 405 g/mol. The topological polar surface area (TPSA) is 108 Å². The van der Waals surface area contributed by atoms with Crippen LogP contribution in [0.5, 0.6) is 0 Å². The van der Waals surface area contributed by atoms with Crippen LogP contribution in [0.1, 0.15) is 5.56 Å². The summed E-state index contributed by atoms with van der Waals surface area (Å²) in [5, 5.41) is 13.5. The molecule has 3 N–H and O–H groups in total. The summed E-state index contributed by atoms with van der Waals surface area (Å²) in [7, 11) is 1.73. The smallest absolute Gasteiger partial charge is 0.411 e. The molecule has 0 radical (unpaired) electrons. The molecule has 0 atom stereocenters. The number of rotatable bonds is 4. The Morgan fingerprint density at radius 1 is 1.23 bits per heavy atom. The first-order valence-electron chi connectivity index (χ1n) is 9.10. The minimum absolute atomic E-state index is 0.120. The first-order valence-corrected chi connectivity index (χ1v) is 9.10. The third kappa shape index (κ3) is 3.13. The lowest BCUT2D eigenvalue weighted by Crippen LogP contribution is -2.20. The lowest BCUT2D eigenvalue weighted by Gasteiger charge is -2.20. The minimum Gasteiger partial charge on any atom is -0.444 e. The van der Waals surface area contributed by atoms with Crippen LogP contribution in [0.3, 0.4) is 0 Å². The van der Waals surface area contributed by atoms with Crippen molar-refractivity contribution in [2.45, 2.75) is 6.61 Å². The molecule has 0 bridgehead atoms. The number of nitrogens with one attached hydrogen (secondary N) is 3. The highest BCUT2D eigenvalue weighted by molar-refractivity contribution is 5.93. The largest absolute Gasteiger partial charge is 0.444 e.